The molecule has 19 heavy (non-hydrogen) atoms. The van der Waals surface area contributed by atoms with Gasteiger partial charge in [0.25, 0.3) is 0 Å². The molecule has 1 amide bonds. The number of hydrogen-bond acceptors (Lipinski definition) is 3. The molecule has 2 rings (SSSR count). The van der Waals surface area contributed by atoms with Crippen LogP contribution >= 0.6 is 11.3 Å². The smallest absolute Gasteiger partial charge is 0.224 e. The van der Waals surface area contributed by atoms with Crippen molar-refractivity contribution in [2.75, 3.05) is 7.11 Å². The van der Waals surface area contributed by atoms with Crippen molar-refractivity contribution in [2.24, 2.45) is 0 Å². The van der Waals surface area contributed by atoms with Gasteiger partial charge >= 0.3 is 0 Å². The summed E-state index contributed by atoms with van der Waals surface area (Å²) in [6, 6.07) is 11.6. The van der Waals surface area contributed by atoms with Gasteiger partial charge in [-0.25, -0.2) is 0 Å². The van der Waals surface area contributed by atoms with E-state index in [1.807, 2.05) is 48.7 Å². The fraction of sp³-hybridized carbons (Fsp3) is 0.267. The second kappa shape index (κ2) is 6.38. The van der Waals surface area contributed by atoms with Crippen LogP contribution in [0.4, 0.5) is 0 Å². The zero-order valence-corrected chi connectivity index (χ0v) is 11.9. The molecule has 100 valence electrons. The van der Waals surface area contributed by atoms with Crippen LogP contribution < -0.4 is 10.1 Å². The molecule has 0 saturated heterocycles. The minimum absolute atomic E-state index is 0.0334. The molecule has 0 aliphatic rings. The topological polar surface area (TPSA) is 38.3 Å². The lowest BCUT2D eigenvalue weighted by atomic mass is 10.1. The Balaban J connectivity index is 1.90. The summed E-state index contributed by atoms with van der Waals surface area (Å²) in [5.74, 6) is 0.835. The van der Waals surface area contributed by atoms with Crippen molar-refractivity contribution in [1.82, 2.24) is 5.32 Å². The van der Waals surface area contributed by atoms with E-state index in [4.69, 9.17) is 4.74 Å². The molecule has 1 heterocycles. The fourth-order valence-electron chi connectivity index (χ4n) is 1.83. The molecule has 0 spiro atoms. The van der Waals surface area contributed by atoms with Crippen LogP contribution in [0.1, 0.15) is 23.4 Å². The SMILES string of the molecule is COc1ccc(CC(=O)N[C@H](C)c2cccs2)cc1. The highest BCUT2D eigenvalue weighted by molar-refractivity contribution is 7.10. The van der Waals surface area contributed by atoms with Crippen LogP contribution in [0.25, 0.3) is 0 Å². The highest BCUT2D eigenvalue weighted by atomic mass is 32.1. The number of thiophene rings is 1. The van der Waals surface area contributed by atoms with E-state index in [1.165, 1.54) is 4.88 Å². The van der Waals surface area contributed by atoms with Crippen molar-refractivity contribution < 1.29 is 9.53 Å². The molecule has 1 N–H and O–H groups in total. The van der Waals surface area contributed by atoms with Gasteiger partial charge in [0.05, 0.1) is 19.6 Å². The van der Waals surface area contributed by atoms with Crippen LogP contribution in [0.2, 0.25) is 0 Å². The van der Waals surface area contributed by atoms with Gasteiger partial charge in [-0.05, 0) is 36.1 Å². The number of methoxy groups -OCH3 is 1. The van der Waals surface area contributed by atoms with Gasteiger partial charge in [0.15, 0.2) is 0 Å². The molecule has 1 aromatic heterocycles. The van der Waals surface area contributed by atoms with Crippen LogP contribution in [0, 0.1) is 0 Å². The molecule has 4 heteroatoms. The van der Waals surface area contributed by atoms with E-state index in [0.717, 1.165) is 11.3 Å². The Morgan fingerprint density at radius 1 is 1.32 bits per heavy atom. The third-order valence-corrected chi connectivity index (χ3v) is 3.93. The molecule has 3 nitrogen and oxygen atoms in total. The Morgan fingerprint density at radius 2 is 2.05 bits per heavy atom. The number of amides is 1. The zero-order chi connectivity index (χ0) is 13.7. The maximum absolute atomic E-state index is 11.9. The Kier molecular flexibility index (Phi) is 4.58. The first-order valence-corrected chi connectivity index (χ1v) is 7.02. The number of rotatable bonds is 5. The van der Waals surface area contributed by atoms with Gasteiger partial charge in [0.2, 0.25) is 5.91 Å². The van der Waals surface area contributed by atoms with E-state index < -0.39 is 0 Å². The number of nitrogens with one attached hydrogen (secondary N) is 1. The quantitative estimate of drug-likeness (QED) is 0.910. The molecule has 1 atom stereocenters. The number of carbonyl (C=O) groups excluding carboxylic acids is 1. The Bertz CT molecular complexity index is 520. The third-order valence-electron chi connectivity index (χ3n) is 2.87. The molecular weight excluding hydrogens is 258 g/mol. The third kappa shape index (κ3) is 3.83. The molecule has 0 saturated carbocycles. The Morgan fingerprint density at radius 3 is 2.63 bits per heavy atom. The van der Waals surface area contributed by atoms with E-state index in [0.29, 0.717) is 6.42 Å². The van der Waals surface area contributed by atoms with Crippen molar-refractivity contribution in [3.63, 3.8) is 0 Å². The highest BCUT2D eigenvalue weighted by Crippen LogP contribution is 2.18. The molecule has 0 aliphatic heterocycles. The van der Waals surface area contributed by atoms with Crippen LogP contribution in [0.3, 0.4) is 0 Å². The lowest BCUT2D eigenvalue weighted by Crippen LogP contribution is -2.27. The number of ether oxygens (including phenoxy) is 1. The van der Waals surface area contributed by atoms with Crippen LogP contribution in [0.15, 0.2) is 41.8 Å². The molecule has 0 bridgehead atoms. The molecule has 0 radical (unpaired) electrons. The predicted molar refractivity (Wildman–Crippen MR) is 77.6 cm³/mol. The summed E-state index contributed by atoms with van der Waals surface area (Å²) in [5.41, 5.74) is 0.983. The second-order valence-corrected chi connectivity index (χ2v) is 5.31. The first kappa shape index (κ1) is 13.6. The van der Waals surface area contributed by atoms with Crippen molar-refractivity contribution in [3.8, 4) is 5.75 Å². The van der Waals surface area contributed by atoms with Gasteiger partial charge < -0.3 is 10.1 Å². The average Bonchev–Trinajstić information content (AvgIpc) is 2.93. The van der Waals surface area contributed by atoms with Crippen molar-refractivity contribution in [1.29, 1.82) is 0 Å². The predicted octanol–water partition coefficient (Wildman–Crippen LogP) is 3.18. The van der Waals surface area contributed by atoms with E-state index in [-0.39, 0.29) is 11.9 Å². The van der Waals surface area contributed by atoms with Gasteiger partial charge in [-0.2, -0.15) is 0 Å². The van der Waals surface area contributed by atoms with Gasteiger partial charge in [-0.3, -0.25) is 4.79 Å². The Hall–Kier alpha value is -1.81. The highest BCUT2D eigenvalue weighted by Gasteiger charge is 2.10. The number of benzene rings is 1. The van der Waals surface area contributed by atoms with Gasteiger partial charge in [-0.1, -0.05) is 18.2 Å². The first-order valence-electron chi connectivity index (χ1n) is 6.14. The summed E-state index contributed by atoms with van der Waals surface area (Å²) >= 11 is 1.65. The summed E-state index contributed by atoms with van der Waals surface area (Å²) in [6.07, 6.45) is 0.389. The fourth-order valence-corrected chi connectivity index (χ4v) is 2.56. The number of hydrogen-bond donors (Lipinski definition) is 1. The summed E-state index contributed by atoms with van der Waals surface area (Å²) in [7, 11) is 1.63. The van der Waals surface area contributed by atoms with E-state index in [2.05, 4.69) is 5.32 Å². The van der Waals surface area contributed by atoms with Gasteiger partial charge in [0.1, 0.15) is 5.75 Å². The monoisotopic (exact) mass is 275 g/mol. The lowest BCUT2D eigenvalue weighted by Gasteiger charge is -2.12. The average molecular weight is 275 g/mol. The largest absolute Gasteiger partial charge is 0.497 e. The van der Waals surface area contributed by atoms with Gasteiger partial charge in [-0.15, -0.1) is 11.3 Å². The van der Waals surface area contributed by atoms with Crippen molar-refractivity contribution in [3.05, 3.63) is 52.2 Å². The van der Waals surface area contributed by atoms with Crippen molar-refractivity contribution >= 4 is 17.2 Å². The molecule has 0 unspecified atom stereocenters. The van der Waals surface area contributed by atoms with E-state index in [1.54, 1.807) is 18.4 Å². The summed E-state index contributed by atoms with van der Waals surface area (Å²) < 4.78 is 5.09. The zero-order valence-electron chi connectivity index (χ0n) is 11.1. The van der Waals surface area contributed by atoms with Crippen molar-refractivity contribution in [2.45, 2.75) is 19.4 Å². The van der Waals surface area contributed by atoms with Gasteiger partial charge in [0, 0.05) is 4.88 Å². The lowest BCUT2D eigenvalue weighted by molar-refractivity contribution is -0.121. The minimum Gasteiger partial charge on any atom is -0.497 e. The molecular formula is C15H17NO2S. The van der Waals surface area contributed by atoms with Crippen LogP contribution in [0.5, 0.6) is 5.75 Å². The summed E-state index contributed by atoms with van der Waals surface area (Å²) in [5, 5.41) is 5.01. The van der Waals surface area contributed by atoms with Crippen LogP contribution in [-0.2, 0) is 11.2 Å². The van der Waals surface area contributed by atoms with Crippen LogP contribution in [-0.4, -0.2) is 13.0 Å². The summed E-state index contributed by atoms with van der Waals surface area (Å²) in [6.45, 7) is 2.00. The Labute approximate surface area is 117 Å². The second-order valence-electron chi connectivity index (χ2n) is 4.33. The van der Waals surface area contributed by atoms with E-state index in [9.17, 15) is 4.79 Å². The number of carbonyl (C=O) groups is 1. The molecule has 0 aliphatic carbocycles. The first-order chi connectivity index (χ1) is 9.19. The molecule has 0 fully saturated rings. The maximum Gasteiger partial charge on any atom is 0.224 e. The molecule has 2 aromatic rings. The normalized spacial score (nSPS) is 11.9. The molecule has 1 aromatic carbocycles. The maximum atomic E-state index is 11.9. The summed E-state index contributed by atoms with van der Waals surface area (Å²) in [4.78, 5) is 13.1. The standard InChI is InChI=1S/C15H17NO2S/c1-11(14-4-3-9-19-14)16-15(17)10-12-5-7-13(18-2)8-6-12/h3-9,11H,10H2,1-2H3,(H,16,17)/t11-/m1/s1. The minimum atomic E-state index is 0.0334. The van der Waals surface area contributed by atoms with E-state index >= 15 is 0 Å².